The van der Waals surface area contributed by atoms with E-state index in [0.29, 0.717) is 6.42 Å². The summed E-state index contributed by atoms with van der Waals surface area (Å²) < 4.78 is 32.2. The molecule has 0 aromatic heterocycles. The van der Waals surface area contributed by atoms with Crippen molar-refractivity contribution in [3.63, 3.8) is 0 Å². The molecule has 1 aromatic carbocycles. The van der Waals surface area contributed by atoms with Crippen LogP contribution in [0.2, 0.25) is 0 Å². The van der Waals surface area contributed by atoms with Crippen LogP contribution in [-0.4, -0.2) is 39.3 Å². The van der Waals surface area contributed by atoms with E-state index in [0.717, 1.165) is 0 Å². The first-order valence-corrected chi connectivity index (χ1v) is 8.41. The zero-order valence-corrected chi connectivity index (χ0v) is 14.1. The molecule has 0 bridgehead atoms. The van der Waals surface area contributed by atoms with Gasteiger partial charge in [0.05, 0.1) is 17.6 Å². The summed E-state index contributed by atoms with van der Waals surface area (Å²) in [7, 11) is -2.56. The minimum atomic E-state index is -3.80. The Morgan fingerprint density at radius 2 is 2.00 bits per heavy atom. The minimum Gasteiger partial charge on any atom is -0.465 e. The second kappa shape index (κ2) is 7.21. The highest BCUT2D eigenvalue weighted by molar-refractivity contribution is 7.89. The second-order valence-corrected chi connectivity index (χ2v) is 7.79. The minimum absolute atomic E-state index is 0.0115. The van der Waals surface area contributed by atoms with Crippen LogP contribution in [0, 0.1) is 5.41 Å². The van der Waals surface area contributed by atoms with E-state index in [4.69, 9.17) is 5.11 Å². The Morgan fingerprint density at radius 1 is 1.36 bits per heavy atom. The first-order chi connectivity index (χ1) is 10.1. The third-order valence-corrected chi connectivity index (χ3v) is 4.80. The van der Waals surface area contributed by atoms with Gasteiger partial charge >= 0.3 is 5.97 Å². The van der Waals surface area contributed by atoms with Crippen molar-refractivity contribution in [2.75, 3.05) is 13.7 Å². The number of aliphatic hydroxyl groups is 1. The number of carbonyl (C=O) groups excluding carboxylic acids is 1. The molecule has 1 unspecified atom stereocenters. The fraction of sp³-hybridized carbons (Fsp3) is 0.533. The number of hydrogen-bond donors (Lipinski definition) is 2. The lowest BCUT2D eigenvalue weighted by molar-refractivity contribution is 0.0600. The molecule has 0 amide bonds. The number of hydrogen-bond acceptors (Lipinski definition) is 5. The number of methoxy groups -OCH3 is 1. The third kappa shape index (κ3) is 4.79. The predicted molar refractivity (Wildman–Crippen MR) is 83.0 cm³/mol. The van der Waals surface area contributed by atoms with Crippen molar-refractivity contribution < 1.29 is 23.1 Å². The van der Waals surface area contributed by atoms with Crippen LogP contribution >= 0.6 is 0 Å². The van der Waals surface area contributed by atoms with Crippen molar-refractivity contribution in [2.45, 2.75) is 38.1 Å². The van der Waals surface area contributed by atoms with Crippen LogP contribution in [0.4, 0.5) is 0 Å². The standard InChI is InChI=1S/C15H23NO5S/c1-15(2,3)13(8-9-17)16-22(19,20)12-7-5-6-11(10-12)14(18)21-4/h5-7,10,13,16-17H,8-9H2,1-4H3. The molecule has 7 heteroatoms. The van der Waals surface area contributed by atoms with E-state index >= 15 is 0 Å². The lowest BCUT2D eigenvalue weighted by Crippen LogP contribution is -2.44. The lowest BCUT2D eigenvalue weighted by atomic mass is 9.86. The number of rotatable bonds is 6. The Hall–Kier alpha value is -1.44. The van der Waals surface area contributed by atoms with Crippen LogP contribution in [-0.2, 0) is 14.8 Å². The van der Waals surface area contributed by atoms with Gasteiger partial charge in [-0.25, -0.2) is 17.9 Å². The maximum absolute atomic E-state index is 12.5. The number of sulfonamides is 1. The van der Waals surface area contributed by atoms with Gasteiger partial charge in [0.2, 0.25) is 10.0 Å². The molecular weight excluding hydrogens is 306 g/mol. The molecule has 1 atom stereocenters. The molecule has 0 fully saturated rings. The highest BCUT2D eigenvalue weighted by Gasteiger charge is 2.29. The first-order valence-electron chi connectivity index (χ1n) is 6.93. The number of nitrogens with one attached hydrogen (secondary N) is 1. The van der Waals surface area contributed by atoms with Crippen molar-refractivity contribution in [1.82, 2.24) is 4.72 Å². The summed E-state index contributed by atoms with van der Waals surface area (Å²) >= 11 is 0. The normalized spacial score (nSPS) is 13.7. The predicted octanol–water partition coefficient (Wildman–Crippen LogP) is 1.55. The molecule has 124 valence electrons. The van der Waals surface area contributed by atoms with Gasteiger partial charge in [-0.15, -0.1) is 0 Å². The summed E-state index contributed by atoms with van der Waals surface area (Å²) in [6.07, 6.45) is 0.305. The summed E-state index contributed by atoms with van der Waals surface area (Å²) in [6, 6.07) is 5.23. The van der Waals surface area contributed by atoms with Gasteiger partial charge in [-0.05, 0) is 30.0 Å². The Morgan fingerprint density at radius 3 is 2.50 bits per heavy atom. The fourth-order valence-electron chi connectivity index (χ4n) is 1.96. The average Bonchev–Trinajstić information content (AvgIpc) is 2.45. The first kappa shape index (κ1) is 18.6. The summed E-state index contributed by atoms with van der Waals surface area (Å²) in [5, 5.41) is 9.12. The maximum atomic E-state index is 12.5. The van der Waals surface area contributed by atoms with Crippen molar-refractivity contribution in [1.29, 1.82) is 0 Å². The molecule has 0 aliphatic heterocycles. The number of carbonyl (C=O) groups is 1. The lowest BCUT2D eigenvalue weighted by Gasteiger charge is -2.30. The summed E-state index contributed by atoms with van der Waals surface area (Å²) in [4.78, 5) is 11.5. The van der Waals surface area contributed by atoms with Crippen molar-refractivity contribution in [3.05, 3.63) is 29.8 Å². The zero-order valence-electron chi connectivity index (χ0n) is 13.3. The Balaban J connectivity index is 3.11. The van der Waals surface area contributed by atoms with E-state index in [1.54, 1.807) is 0 Å². The van der Waals surface area contributed by atoms with Gasteiger partial charge < -0.3 is 9.84 Å². The Bertz CT molecular complexity index is 619. The topological polar surface area (TPSA) is 92.7 Å². The van der Waals surface area contributed by atoms with E-state index in [1.165, 1.54) is 31.4 Å². The number of ether oxygens (including phenoxy) is 1. The number of esters is 1. The van der Waals surface area contributed by atoms with Gasteiger partial charge in [-0.1, -0.05) is 26.8 Å². The van der Waals surface area contributed by atoms with E-state index in [2.05, 4.69) is 9.46 Å². The molecule has 0 aliphatic carbocycles. The zero-order chi connectivity index (χ0) is 17.0. The van der Waals surface area contributed by atoms with Crippen molar-refractivity contribution in [3.8, 4) is 0 Å². The highest BCUT2D eigenvalue weighted by Crippen LogP contribution is 2.24. The molecule has 6 nitrogen and oxygen atoms in total. The average molecular weight is 329 g/mol. The monoisotopic (exact) mass is 329 g/mol. The molecule has 1 rings (SSSR count). The fourth-order valence-corrected chi connectivity index (χ4v) is 3.48. The van der Waals surface area contributed by atoms with Crippen molar-refractivity contribution >= 4 is 16.0 Å². The quantitative estimate of drug-likeness (QED) is 0.773. The summed E-state index contributed by atoms with van der Waals surface area (Å²) in [5.41, 5.74) is -0.185. The smallest absolute Gasteiger partial charge is 0.337 e. The van der Waals surface area contributed by atoms with Crippen LogP contribution in [0.25, 0.3) is 0 Å². The molecular formula is C15H23NO5S. The maximum Gasteiger partial charge on any atom is 0.337 e. The molecule has 2 N–H and O–H groups in total. The third-order valence-electron chi connectivity index (χ3n) is 3.33. The summed E-state index contributed by atoms with van der Waals surface area (Å²) in [6.45, 7) is 5.55. The molecule has 0 saturated carbocycles. The van der Waals surface area contributed by atoms with Gasteiger partial charge in [0.15, 0.2) is 0 Å². The van der Waals surface area contributed by atoms with E-state index < -0.39 is 22.0 Å². The molecule has 0 aliphatic rings. The molecule has 0 spiro atoms. The van der Waals surface area contributed by atoms with E-state index in [9.17, 15) is 13.2 Å². The number of benzene rings is 1. The SMILES string of the molecule is COC(=O)c1cccc(S(=O)(=O)NC(CCO)C(C)(C)C)c1. The van der Waals surface area contributed by atoms with Gasteiger partial charge in [-0.2, -0.15) is 0 Å². The number of aliphatic hydroxyl groups excluding tert-OH is 1. The van der Waals surface area contributed by atoms with E-state index in [-0.39, 0.29) is 22.5 Å². The van der Waals surface area contributed by atoms with Crippen LogP contribution in [0.5, 0.6) is 0 Å². The molecule has 0 radical (unpaired) electrons. The molecule has 0 saturated heterocycles. The van der Waals surface area contributed by atoms with Crippen LogP contribution in [0.15, 0.2) is 29.2 Å². The molecule has 22 heavy (non-hydrogen) atoms. The largest absolute Gasteiger partial charge is 0.465 e. The van der Waals surface area contributed by atoms with Gasteiger partial charge in [0, 0.05) is 12.6 Å². The van der Waals surface area contributed by atoms with Crippen LogP contribution in [0.1, 0.15) is 37.6 Å². The molecule has 1 aromatic rings. The van der Waals surface area contributed by atoms with E-state index in [1.807, 2.05) is 20.8 Å². The Kier molecular flexibility index (Phi) is 6.10. The van der Waals surface area contributed by atoms with Gasteiger partial charge in [0.25, 0.3) is 0 Å². The summed E-state index contributed by atoms with van der Waals surface area (Å²) in [5.74, 6) is -0.597. The van der Waals surface area contributed by atoms with Gasteiger partial charge in [0.1, 0.15) is 0 Å². The second-order valence-electron chi connectivity index (χ2n) is 6.07. The van der Waals surface area contributed by atoms with Crippen LogP contribution < -0.4 is 4.72 Å². The van der Waals surface area contributed by atoms with Crippen LogP contribution in [0.3, 0.4) is 0 Å². The van der Waals surface area contributed by atoms with Gasteiger partial charge in [-0.3, -0.25) is 0 Å². The Labute approximate surface area is 131 Å². The highest BCUT2D eigenvalue weighted by atomic mass is 32.2. The molecule has 0 heterocycles. The van der Waals surface area contributed by atoms with Crippen molar-refractivity contribution in [2.24, 2.45) is 5.41 Å².